The van der Waals surface area contributed by atoms with Crippen molar-refractivity contribution in [2.75, 3.05) is 19.8 Å². The van der Waals surface area contributed by atoms with Gasteiger partial charge in [-0.2, -0.15) is 0 Å². The summed E-state index contributed by atoms with van der Waals surface area (Å²) >= 11 is 0. The highest BCUT2D eigenvalue weighted by Gasteiger charge is 2.26. The van der Waals surface area contributed by atoms with Crippen LogP contribution < -0.4 is 5.46 Å². The van der Waals surface area contributed by atoms with Gasteiger partial charge in [0.15, 0.2) is 6.29 Å². The van der Waals surface area contributed by atoms with Crippen LogP contribution >= 0.6 is 0 Å². The Bertz CT molecular complexity index is 436. The molecular formula is C15H22BFO4. The highest BCUT2D eigenvalue weighted by atomic mass is 19.1. The monoisotopic (exact) mass is 296 g/mol. The number of halogens is 1. The van der Waals surface area contributed by atoms with Gasteiger partial charge in [-0.25, -0.2) is 4.39 Å². The zero-order valence-corrected chi connectivity index (χ0v) is 12.6. The second kappa shape index (κ2) is 8.49. The molecule has 1 unspecified atom stereocenters. The van der Waals surface area contributed by atoms with Crippen LogP contribution in [0.1, 0.15) is 32.3 Å². The van der Waals surface area contributed by atoms with E-state index >= 15 is 0 Å². The summed E-state index contributed by atoms with van der Waals surface area (Å²) in [6.45, 7) is 5.86. The number of benzene rings is 1. The van der Waals surface area contributed by atoms with E-state index in [1.807, 2.05) is 13.8 Å². The molecule has 2 rings (SSSR count). The normalized spacial score (nSPS) is 17.6. The Labute approximate surface area is 125 Å². The third-order valence-corrected chi connectivity index (χ3v) is 3.31. The van der Waals surface area contributed by atoms with Crippen molar-refractivity contribution in [2.45, 2.75) is 39.6 Å². The molecule has 0 spiro atoms. The van der Waals surface area contributed by atoms with E-state index in [0.717, 1.165) is 23.9 Å². The van der Waals surface area contributed by atoms with Crippen LogP contribution in [0.25, 0.3) is 0 Å². The van der Waals surface area contributed by atoms with Crippen molar-refractivity contribution in [3.05, 3.63) is 29.6 Å². The maximum absolute atomic E-state index is 13.5. The number of ether oxygens (including phenoxy) is 2. The molecule has 1 aromatic rings. The minimum absolute atomic E-state index is 0.261. The van der Waals surface area contributed by atoms with E-state index in [-0.39, 0.29) is 18.7 Å². The Morgan fingerprint density at radius 3 is 2.62 bits per heavy atom. The predicted octanol–water partition coefficient (Wildman–Crippen LogP) is 2.25. The largest absolute Gasteiger partial charge is 0.494 e. The van der Waals surface area contributed by atoms with Crippen LogP contribution in [0.3, 0.4) is 0 Å². The van der Waals surface area contributed by atoms with Gasteiger partial charge in [-0.15, -0.1) is 0 Å². The fraction of sp³-hybridized carbons (Fsp3) is 0.600. The van der Waals surface area contributed by atoms with Gasteiger partial charge in [-0.1, -0.05) is 6.07 Å². The van der Waals surface area contributed by atoms with Crippen molar-refractivity contribution in [3.63, 3.8) is 0 Å². The van der Waals surface area contributed by atoms with Crippen LogP contribution in [0.15, 0.2) is 18.2 Å². The van der Waals surface area contributed by atoms with E-state index in [1.165, 1.54) is 12.1 Å². The molecule has 0 aliphatic carbocycles. The molecule has 1 heterocycles. The number of hydrogen-bond acceptors (Lipinski definition) is 4. The molecule has 0 aromatic heterocycles. The molecule has 1 aliphatic rings. The highest BCUT2D eigenvalue weighted by Crippen LogP contribution is 2.10. The van der Waals surface area contributed by atoms with Crippen LogP contribution in [0.4, 0.5) is 4.39 Å². The van der Waals surface area contributed by atoms with Crippen molar-refractivity contribution >= 4 is 12.6 Å². The summed E-state index contributed by atoms with van der Waals surface area (Å²) < 4.78 is 35.8. The van der Waals surface area contributed by atoms with Crippen molar-refractivity contribution in [2.24, 2.45) is 0 Å². The van der Waals surface area contributed by atoms with Crippen LogP contribution in [0.2, 0.25) is 0 Å². The van der Waals surface area contributed by atoms with Gasteiger partial charge < -0.3 is 18.8 Å². The first-order chi connectivity index (χ1) is 10.2. The second-order valence-electron chi connectivity index (χ2n) is 4.96. The fourth-order valence-electron chi connectivity index (χ4n) is 2.23. The highest BCUT2D eigenvalue weighted by molar-refractivity contribution is 6.61. The zero-order chi connectivity index (χ0) is 15.1. The summed E-state index contributed by atoms with van der Waals surface area (Å²) in [7, 11) is -0.450. The maximum Gasteiger partial charge on any atom is 0.494 e. The van der Waals surface area contributed by atoms with Gasteiger partial charge in [0.25, 0.3) is 0 Å². The molecule has 0 radical (unpaired) electrons. The summed E-state index contributed by atoms with van der Waals surface area (Å²) in [5, 5.41) is 0. The molecule has 1 saturated heterocycles. The zero-order valence-electron chi connectivity index (χ0n) is 12.6. The summed E-state index contributed by atoms with van der Waals surface area (Å²) in [4.78, 5) is 0. The molecule has 1 atom stereocenters. The molecule has 0 N–H and O–H groups in total. The minimum atomic E-state index is -0.450. The summed E-state index contributed by atoms with van der Waals surface area (Å²) in [6, 6.07) is 4.59. The lowest BCUT2D eigenvalue weighted by Gasteiger charge is -2.18. The Morgan fingerprint density at radius 1 is 1.24 bits per heavy atom. The van der Waals surface area contributed by atoms with Gasteiger partial charge in [0.2, 0.25) is 0 Å². The Kier molecular flexibility index (Phi) is 6.64. The quantitative estimate of drug-likeness (QED) is 0.596. The van der Waals surface area contributed by atoms with Gasteiger partial charge in [-0.3, -0.25) is 0 Å². The molecule has 0 saturated carbocycles. The van der Waals surface area contributed by atoms with Crippen molar-refractivity contribution < 1.29 is 23.2 Å². The lowest BCUT2D eigenvalue weighted by atomic mass is 9.76. The van der Waals surface area contributed by atoms with E-state index in [9.17, 15) is 4.39 Å². The van der Waals surface area contributed by atoms with E-state index in [0.29, 0.717) is 19.8 Å². The van der Waals surface area contributed by atoms with Gasteiger partial charge in [0, 0.05) is 19.8 Å². The molecule has 1 aromatic carbocycles. The first-order valence-electron chi connectivity index (χ1n) is 7.45. The topological polar surface area (TPSA) is 36.9 Å². The van der Waals surface area contributed by atoms with Crippen LogP contribution in [0.5, 0.6) is 0 Å². The Morgan fingerprint density at radius 2 is 1.95 bits per heavy atom. The molecule has 6 heteroatoms. The summed E-state index contributed by atoms with van der Waals surface area (Å²) in [5.41, 5.74) is 1.55. The number of hydrogen-bond donors (Lipinski definition) is 0. The predicted molar refractivity (Wildman–Crippen MR) is 78.8 cm³/mol. The van der Waals surface area contributed by atoms with Gasteiger partial charge in [0.05, 0.1) is 6.61 Å². The number of rotatable bonds is 6. The third-order valence-electron chi connectivity index (χ3n) is 3.31. The molecule has 1 aliphatic heterocycles. The van der Waals surface area contributed by atoms with E-state index in [4.69, 9.17) is 18.8 Å². The average molecular weight is 296 g/mol. The average Bonchev–Trinajstić information content (AvgIpc) is 2.74. The van der Waals surface area contributed by atoms with Crippen molar-refractivity contribution in [1.82, 2.24) is 0 Å². The first-order valence-corrected chi connectivity index (χ1v) is 7.45. The SMILES string of the molecule is CCOC(C)OCc1cc(F)ccc1B1OCCCCO1. The molecule has 21 heavy (non-hydrogen) atoms. The van der Waals surface area contributed by atoms with Gasteiger partial charge in [-0.05, 0) is 49.8 Å². The van der Waals surface area contributed by atoms with Crippen LogP contribution in [-0.4, -0.2) is 33.2 Å². The molecular weight excluding hydrogens is 274 g/mol. The van der Waals surface area contributed by atoms with E-state index in [1.54, 1.807) is 6.07 Å². The van der Waals surface area contributed by atoms with E-state index < -0.39 is 7.12 Å². The molecule has 4 nitrogen and oxygen atoms in total. The fourth-order valence-corrected chi connectivity index (χ4v) is 2.23. The Balaban J connectivity index is 2.08. The minimum Gasteiger partial charge on any atom is -0.407 e. The molecule has 0 amide bonds. The third kappa shape index (κ3) is 5.07. The van der Waals surface area contributed by atoms with Crippen molar-refractivity contribution in [1.29, 1.82) is 0 Å². The summed E-state index contributed by atoms with van der Waals surface area (Å²) in [6.07, 6.45) is 1.62. The first kappa shape index (κ1) is 16.4. The maximum atomic E-state index is 13.5. The van der Waals surface area contributed by atoms with Crippen molar-refractivity contribution in [3.8, 4) is 0 Å². The van der Waals surface area contributed by atoms with E-state index in [2.05, 4.69) is 0 Å². The molecule has 116 valence electrons. The lowest BCUT2D eigenvalue weighted by Crippen LogP contribution is -2.39. The smallest absolute Gasteiger partial charge is 0.407 e. The molecule has 0 bridgehead atoms. The van der Waals surface area contributed by atoms with Gasteiger partial charge >= 0.3 is 7.12 Å². The summed E-state index contributed by atoms with van der Waals surface area (Å²) in [5.74, 6) is -0.296. The molecule has 1 fully saturated rings. The second-order valence-corrected chi connectivity index (χ2v) is 4.96. The van der Waals surface area contributed by atoms with Gasteiger partial charge in [0.1, 0.15) is 5.82 Å². The van der Waals surface area contributed by atoms with Crippen LogP contribution in [0, 0.1) is 5.82 Å². The lowest BCUT2D eigenvalue weighted by molar-refractivity contribution is -0.134. The standard InChI is InChI=1S/C15H22BFO4/c1-3-18-12(2)19-11-13-10-14(17)6-7-15(13)16-20-8-4-5-9-21-16/h6-7,10,12H,3-5,8-9,11H2,1-2H3. The Hall–Kier alpha value is -0.945. The van der Waals surface area contributed by atoms with Crippen LogP contribution in [-0.2, 0) is 25.4 Å².